The number of rotatable bonds is 6. The van der Waals surface area contributed by atoms with Crippen LogP contribution in [0.2, 0.25) is 0 Å². The summed E-state index contributed by atoms with van der Waals surface area (Å²) in [6, 6.07) is 0.652. The Balaban J connectivity index is 0.00000264. The van der Waals surface area contributed by atoms with Crippen molar-refractivity contribution in [2.75, 3.05) is 33.7 Å². The van der Waals surface area contributed by atoms with Gasteiger partial charge < -0.3 is 10.2 Å². The Bertz CT molecular complexity index is 491. The van der Waals surface area contributed by atoms with Gasteiger partial charge in [0, 0.05) is 32.1 Å². The van der Waals surface area contributed by atoms with Gasteiger partial charge in [0.2, 0.25) is 0 Å². The average molecular weight is 451 g/mol. The molecule has 0 bridgehead atoms. The van der Waals surface area contributed by atoms with E-state index in [1.165, 1.54) is 24.4 Å². The monoisotopic (exact) mass is 451 g/mol. The van der Waals surface area contributed by atoms with Crippen LogP contribution in [0.25, 0.3) is 0 Å². The molecule has 1 saturated heterocycles. The van der Waals surface area contributed by atoms with E-state index < -0.39 is 0 Å². The first-order valence-corrected chi connectivity index (χ1v) is 9.15. The number of hydrogen-bond donors (Lipinski definition) is 1. The highest BCUT2D eigenvalue weighted by Crippen LogP contribution is 2.17. The van der Waals surface area contributed by atoms with Gasteiger partial charge in [0.05, 0.1) is 17.2 Å². The Labute approximate surface area is 161 Å². The number of halogens is 1. The van der Waals surface area contributed by atoms with E-state index in [9.17, 15) is 0 Å². The lowest BCUT2D eigenvalue weighted by atomic mass is 10.2. The third-order valence-corrected chi connectivity index (χ3v) is 5.33. The maximum atomic E-state index is 4.60. The second-order valence-corrected chi connectivity index (χ2v) is 6.73. The second-order valence-electron chi connectivity index (χ2n) is 5.79. The predicted octanol–water partition coefficient (Wildman–Crippen LogP) is 2.82. The fourth-order valence-electron chi connectivity index (χ4n) is 3.07. The standard InChI is InChI=1S/C16H29N5S.HI/c1-5-15-19-13(12-22-15)10-18-16(17-3)20(4)11-14-8-7-9-21(14)6-2;/h12,14H,5-11H2,1-4H3,(H,17,18);1H. The average Bonchev–Trinajstić information content (AvgIpc) is 3.16. The number of nitrogens with zero attached hydrogens (tertiary/aromatic N) is 4. The van der Waals surface area contributed by atoms with Crippen molar-refractivity contribution < 1.29 is 0 Å². The fourth-order valence-corrected chi connectivity index (χ4v) is 3.81. The summed E-state index contributed by atoms with van der Waals surface area (Å²) in [6.45, 7) is 8.55. The highest BCUT2D eigenvalue weighted by molar-refractivity contribution is 14.0. The van der Waals surface area contributed by atoms with Crippen molar-refractivity contribution in [3.63, 3.8) is 0 Å². The zero-order valence-electron chi connectivity index (χ0n) is 14.7. The molecule has 0 aliphatic carbocycles. The van der Waals surface area contributed by atoms with Crippen LogP contribution in [-0.4, -0.2) is 60.5 Å². The molecule has 0 saturated carbocycles. The number of aryl methyl sites for hydroxylation is 1. The van der Waals surface area contributed by atoms with E-state index in [1.54, 1.807) is 11.3 Å². The summed E-state index contributed by atoms with van der Waals surface area (Å²) in [6.07, 6.45) is 3.62. The lowest BCUT2D eigenvalue weighted by Crippen LogP contribution is -2.45. The summed E-state index contributed by atoms with van der Waals surface area (Å²) in [4.78, 5) is 13.8. The smallest absolute Gasteiger partial charge is 0.193 e. The van der Waals surface area contributed by atoms with Gasteiger partial charge in [0.25, 0.3) is 0 Å². The van der Waals surface area contributed by atoms with Crippen LogP contribution in [0.4, 0.5) is 0 Å². The van der Waals surface area contributed by atoms with Crippen LogP contribution in [0.1, 0.15) is 37.4 Å². The minimum absolute atomic E-state index is 0. The number of aliphatic imine (C=N–C) groups is 1. The lowest BCUT2D eigenvalue weighted by molar-refractivity contribution is 0.232. The summed E-state index contributed by atoms with van der Waals surface area (Å²) in [5, 5.41) is 6.76. The number of aromatic nitrogens is 1. The number of thiazole rings is 1. The number of likely N-dealkylation sites (tertiary alicyclic amines) is 1. The van der Waals surface area contributed by atoms with Crippen LogP contribution in [-0.2, 0) is 13.0 Å². The van der Waals surface area contributed by atoms with Gasteiger partial charge in [-0.2, -0.15) is 0 Å². The van der Waals surface area contributed by atoms with Crippen molar-refractivity contribution >= 4 is 41.3 Å². The Hall–Kier alpha value is -0.410. The van der Waals surface area contributed by atoms with Crippen molar-refractivity contribution in [2.24, 2.45) is 4.99 Å². The molecule has 2 heterocycles. The van der Waals surface area contributed by atoms with Gasteiger partial charge in [0.15, 0.2) is 5.96 Å². The van der Waals surface area contributed by atoms with E-state index in [2.05, 4.69) is 51.4 Å². The van der Waals surface area contributed by atoms with Crippen molar-refractivity contribution in [1.82, 2.24) is 20.1 Å². The predicted molar refractivity (Wildman–Crippen MR) is 110 cm³/mol. The number of guanidine groups is 1. The van der Waals surface area contributed by atoms with E-state index >= 15 is 0 Å². The summed E-state index contributed by atoms with van der Waals surface area (Å²) in [7, 11) is 3.98. The van der Waals surface area contributed by atoms with Crippen molar-refractivity contribution in [1.29, 1.82) is 0 Å². The summed E-state index contributed by atoms with van der Waals surface area (Å²) < 4.78 is 0. The highest BCUT2D eigenvalue weighted by Gasteiger charge is 2.24. The summed E-state index contributed by atoms with van der Waals surface area (Å²) in [5.74, 6) is 0.953. The van der Waals surface area contributed by atoms with Crippen LogP contribution in [0.15, 0.2) is 10.4 Å². The van der Waals surface area contributed by atoms with Crippen molar-refractivity contribution in [2.45, 2.75) is 45.7 Å². The van der Waals surface area contributed by atoms with Crippen LogP contribution in [0.5, 0.6) is 0 Å². The minimum atomic E-state index is 0. The third-order valence-electron chi connectivity index (χ3n) is 4.29. The SMILES string of the molecule is CCc1nc(CNC(=NC)N(C)CC2CCCN2CC)cs1.I. The highest BCUT2D eigenvalue weighted by atomic mass is 127. The molecule has 7 heteroatoms. The number of likely N-dealkylation sites (N-methyl/N-ethyl adjacent to an activating group) is 2. The molecule has 0 radical (unpaired) electrons. The molecule has 1 aliphatic heterocycles. The molecule has 1 fully saturated rings. The Morgan fingerprint density at radius 3 is 2.91 bits per heavy atom. The number of nitrogens with one attached hydrogen (secondary N) is 1. The van der Waals surface area contributed by atoms with Crippen molar-refractivity contribution in [3.05, 3.63) is 16.1 Å². The van der Waals surface area contributed by atoms with Crippen LogP contribution in [0.3, 0.4) is 0 Å². The molecule has 1 unspecified atom stereocenters. The molecule has 1 atom stereocenters. The Kier molecular flexibility index (Phi) is 9.38. The lowest BCUT2D eigenvalue weighted by Gasteiger charge is -2.29. The Morgan fingerprint density at radius 1 is 1.52 bits per heavy atom. The van der Waals surface area contributed by atoms with Crippen molar-refractivity contribution in [3.8, 4) is 0 Å². The Morgan fingerprint density at radius 2 is 2.30 bits per heavy atom. The topological polar surface area (TPSA) is 43.8 Å². The summed E-state index contributed by atoms with van der Waals surface area (Å²) >= 11 is 1.74. The molecule has 132 valence electrons. The quantitative estimate of drug-likeness (QED) is 0.411. The minimum Gasteiger partial charge on any atom is -0.351 e. The van der Waals surface area contributed by atoms with E-state index in [0.29, 0.717) is 6.04 Å². The number of hydrogen-bond acceptors (Lipinski definition) is 4. The molecule has 1 N–H and O–H groups in total. The largest absolute Gasteiger partial charge is 0.351 e. The van der Waals surface area contributed by atoms with E-state index in [1.807, 2.05) is 7.05 Å². The van der Waals surface area contributed by atoms with E-state index in [-0.39, 0.29) is 24.0 Å². The first-order chi connectivity index (χ1) is 10.7. The molecular formula is C16H30IN5S. The first kappa shape index (κ1) is 20.6. The zero-order chi connectivity index (χ0) is 15.9. The van der Waals surface area contributed by atoms with Crippen LogP contribution in [0, 0.1) is 0 Å². The van der Waals surface area contributed by atoms with E-state index in [4.69, 9.17) is 0 Å². The molecule has 0 spiro atoms. The molecule has 23 heavy (non-hydrogen) atoms. The van der Waals surface area contributed by atoms with Gasteiger partial charge in [-0.05, 0) is 32.4 Å². The zero-order valence-corrected chi connectivity index (χ0v) is 17.9. The molecule has 5 nitrogen and oxygen atoms in total. The van der Waals surface area contributed by atoms with Gasteiger partial charge in [-0.1, -0.05) is 13.8 Å². The molecule has 0 amide bonds. The molecule has 1 aromatic heterocycles. The van der Waals surface area contributed by atoms with Gasteiger partial charge in [-0.25, -0.2) is 4.98 Å². The summed E-state index contributed by atoms with van der Waals surface area (Å²) in [5.41, 5.74) is 1.10. The first-order valence-electron chi connectivity index (χ1n) is 8.27. The molecule has 2 rings (SSSR count). The second kappa shape index (κ2) is 10.5. The van der Waals surface area contributed by atoms with Gasteiger partial charge in [0.1, 0.15) is 0 Å². The fraction of sp³-hybridized carbons (Fsp3) is 0.750. The van der Waals surface area contributed by atoms with Gasteiger partial charge >= 0.3 is 0 Å². The molecule has 0 aromatic carbocycles. The van der Waals surface area contributed by atoms with Gasteiger partial charge in [-0.15, -0.1) is 35.3 Å². The molecule has 1 aliphatic rings. The molecule has 1 aromatic rings. The normalized spacial score (nSPS) is 18.8. The maximum absolute atomic E-state index is 4.60. The van der Waals surface area contributed by atoms with Gasteiger partial charge in [-0.3, -0.25) is 9.89 Å². The van der Waals surface area contributed by atoms with Crippen LogP contribution >= 0.6 is 35.3 Å². The molecular weight excluding hydrogens is 421 g/mol. The van der Waals surface area contributed by atoms with E-state index in [0.717, 1.165) is 37.7 Å². The third kappa shape index (κ3) is 5.86. The maximum Gasteiger partial charge on any atom is 0.193 e. The van der Waals surface area contributed by atoms with Crippen LogP contribution < -0.4 is 5.32 Å².